The fourth-order valence-corrected chi connectivity index (χ4v) is 2.93. The molecule has 1 aromatic rings. The molecule has 1 rings (SSSR count). The number of hydrogen-bond acceptors (Lipinski definition) is 1. The second-order valence-electron chi connectivity index (χ2n) is 8.87. The highest BCUT2D eigenvalue weighted by Crippen LogP contribution is 2.41. The van der Waals surface area contributed by atoms with Gasteiger partial charge in [-0.3, -0.25) is 0 Å². The highest BCUT2D eigenvalue weighted by atomic mass is 16.5. The molecule has 0 aromatic heterocycles. The molecule has 1 unspecified atom stereocenters. The maximum absolute atomic E-state index is 6.25. The molecule has 0 spiro atoms. The second-order valence-corrected chi connectivity index (χ2v) is 8.87. The van der Waals surface area contributed by atoms with E-state index in [1.807, 2.05) is 6.92 Å². The van der Waals surface area contributed by atoms with E-state index in [0.717, 1.165) is 25.2 Å². The summed E-state index contributed by atoms with van der Waals surface area (Å²) in [5.74, 6) is 7.79. The van der Waals surface area contributed by atoms with Crippen LogP contribution in [0.3, 0.4) is 0 Å². The molecule has 0 amide bonds. The molecule has 1 nitrogen and oxygen atoms in total. The van der Waals surface area contributed by atoms with Crippen molar-refractivity contribution in [1.29, 1.82) is 0 Å². The van der Waals surface area contributed by atoms with Gasteiger partial charge >= 0.3 is 0 Å². The molecule has 0 radical (unpaired) electrons. The standard InChI is InChI=1S/C23H36O/c1-10-12-17(3)14-18-15-19(22(4,5)6)21(24-13-11-2)20(16-18)23(7,8)9/h15-17H,11,13-14H2,1-9H3. The predicted octanol–water partition coefficient (Wildman–Crippen LogP) is 6.27. The first-order valence-electron chi connectivity index (χ1n) is 9.23. The zero-order chi connectivity index (χ0) is 18.5. The van der Waals surface area contributed by atoms with E-state index in [9.17, 15) is 0 Å². The zero-order valence-corrected chi connectivity index (χ0v) is 17.3. The summed E-state index contributed by atoms with van der Waals surface area (Å²) in [5, 5.41) is 0. The maximum Gasteiger partial charge on any atom is 0.126 e. The SMILES string of the molecule is CC#CC(C)Cc1cc(C(C)(C)C)c(OCCC)c(C(C)(C)C)c1. The molecular formula is C23H36O. The minimum Gasteiger partial charge on any atom is -0.493 e. The lowest BCUT2D eigenvalue weighted by molar-refractivity contribution is 0.299. The van der Waals surface area contributed by atoms with E-state index >= 15 is 0 Å². The van der Waals surface area contributed by atoms with E-state index in [1.54, 1.807) is 0 Å². The zero-order valence-electron chi connectivity index (χ0n) is 17.3. The monoisotopic (exact) mass is 328 g/mol. The van der Waals surface area contributed by atoms with Gasteiger partial charge in [-0.25, -0.2) is 0 Å². The molecular weight excluding hydrogens is 292 g/mol. The number of hydrogen-bond donors (Lipinski definition) is 0. The molecule has 0 bridgehead atoms. The largest absolute Gasteiger partial charge is 0.493 e. The Labute approximate surface area is 150 Å². The first kappa shape index (κ1) is 20.6. The lowest BCUT2D eigenvalue weighted by atomic mass is 9.77. The smallest absolute Gasteiger partial charge is 0.126 e. The number of rotatable bonds is 5. The van der Waals surface area contributed by atoms with Crippen LogP contribution in [-0.2, 0) is 17.3 Å². The molecule has 0 N–H and O–H groups in total. The van der Waals surface area contributed by atoms with Crippen molar-refractivity contribution in [3.8, 4) is 17.6 Å². The fraction of sp³-hybridized carbons (Fsp3) is 0.652. The molecule has 0 fully saturated rings. The van der Waals surface area contributed by atoms with Gasteiger partial charge in [0.2, 0.25) is 0 Å². The third kappa shape index (κ3) is 5.59. The Hall–Kier alpha value is -1.42. The van der Waals surface area contributed by atoms with E-state index in [0.29, 0.717) is 5.92 Å². The van der Waals surface area contributed by atoms with Crippen LogP contribution in [0.15, 0.2) is 12.1 Å². The van der Waals surface area contributed by atoms with Crippen LogP contribution in [-0.4, -0.2) is 6.61 Å². The summed E-state index contributed by atoms with van der Waals surface area (Å²) < 4.78 is 6.25. The van der Waals surface area contributed by atoms with Crippen molar-refractivity contribution >= 4 is 0 Å². The Balaban J connectivity index is 3.52. The van der Waals surface area contributed by atoms with Crippen LogP contribution in [0.4, 0.5) is 0 Å². The first-order chi connectivity index (χ1) is 11.0. The van der Waals surface area contributed by atoms with Crippen molar-refractivity contribution in [2.75, 3.05) is 6.61 Å². The molecule has 134 valence electrons. The van der Waals surface area contributed by atoms with Crippen molar-refractivity contribution in [2.24, 2.45) is 5.92 Å². The lowest BCUT2D eigenvalue weighted by Gasteiger charge is -2.31. The Kier molecular flexibility index (Phi) is 6.97. The molecule has 0 aliphatic heterocycles. The highest BCUT2D eigenvalue weighted by molar-refractivity contribution is 5.51. The fourth-order valence-electron chi connectivity index (χ4n) is 2.93. The van der Waals surface area contributed by atoms with Crippen LogP contribution < -0.4 is 4.74 Å². The van der Waals surface area contributed by atoms with Gasteiger partial charge in [0.25, 0.3) is 0 Å². The summed E-state index contributed by atoms with van der Waals surface area (Å²) in [5.41, 5.74) is 4.10. The number of benzene rings is 1. The van der Waals surface area contributed by atoms with Gasteiger partial charge in [-0.05, 0) is 36.2 Å². The van der Waals surface area contributed by atoms with E-state index in [-0.39, 0.29) is 10.8 Å². The van der Waals surface area contributed by atoms with Gasteiger partial charge in [0.1, 0.15) is 5.75 Å². The summed E-state index contributed by atoms with van der Waals surface area (Å²) in [4.78, 5) is 0. The van der Waals surface area contributed by atoms with E-state index in [1.165, 1.54) is 16.7 Å². The van der Waals surface area contributed by atoms with Gasteiger partial charge < -0.3 is 4.74 Å². The second kappa shape index (κ2) is 8.11. The van der Waals surface area contributed by atoms with Crippen molar-refractivity contribution in [2.45, 2.75) is 86.0 Å². The van der Waals surface area contributed by atoms with Crippen LogP contribution in [0, 0.1) is 17.8 Å². The van der Waals surface area contributed by atoms with Crippen molar-refractivity contribution in [3.05, 3.63) is 28.8 Å². The normalized spacial score (nSPS) is 13.2. The third-order valence-electron chi connectivity index (χ3n) is 4.15. The van der Waals surface area contributed by atoms with Crippen LogP contribution in [0.1, 0.15) is 85.4 Å². The quantitative estimate of drug-likeness (QED) is 0.579. The summed E-state index contributed by atoms with van der Waals surface area (Å²) in [6.45, 7) is 20.7. The molecule has 1 heteroatoms. The Bertz CT molecular complexity index is 565. The average molecular weight is 329 g/mol. The minimum atomic E-state index is 0.0543. The molecule has 0 aliphatic rings. The van der Waals surface area contributed by atoms with Gasteiger partial charge in [0.05, 0.1) is 6.61 Å². The number of ether oxygens (including phenoxy) is 1. The minimum absolute atomic E-state index is 0.0543. The molecule has 0 heterocycles. The van der Waals surface area contributed by atoms with Crippen molar-refractivity contribution < 1.29 is 4.74 Å². The van der Waals surface area contributed by atoms with Crippen LogP contribution in [0.2, 0.25) is 0 Å². The molecule has 1 aromatic carbocycles. The van der Waals surface area contributed by atoms with Gasteiger partial charge in [0.15, 0.2) is 0 Å². The van der Waals surface area contributed by atoms with Gasteiger partial charge in [-0.1, -0.05) is 67.5 Å². The van der Waals surface area contributed by atoms with Crippen molar-refractivity contribution in [3.63, 3.8) is 0 Å². The van der Waals surface area contributed by atoms with Crippen LogP contribution in [0.25, 0.3) is 0 Å². The molecule has 0 saturated heterocycles. The van der Waals surface area contributed by atoms with Gasteiger partial charge in [-0.15, -0.1) is 11.8 Å². The predicted molar refractivity (Wildman–Crippen MR) is 106 cm³/mol. The van der Waals surface area contributed by atoms with Gasteiger partial charge in [0, 0.05) is 17.0 Å². The Morgan fingerprint density at radius 1 is 1.00 bits per heavy atom. The summed E-state index contributed by atoms with van der Waals surface area (Å²) >= 11 is 0. The molecule has 1 atom stereocenters. The topological polar surface area (TPSA) is 9.23 Å². The Morgan fingerprint density at radius 2 is 1.50 bits per heavy atom. The molecule has 24 heavy (non-hydrogen) atoms. The van der Waals surface area contributed by atoms with Crippen LogP contribution >= 0.6 is 0 Å². The summed E-state index contributed by atoms with van der Waals surface area (Å²) in [7, 11) is 0. The van der Waals surface area contributed by atoms with Crippen molar-refractivity contribution in [1.82, 2.24) is 0 Å². The average Bonchev–Trinajstić information content (AvgIpc) is 2.43. The summed E-state index contributed by atoms with van der Waals surface area (Å²) in [6.07, 6.45) is 2.01. The van der Waals surface area contributed by atoms with Gasteiger partial charge in [-0.2, -0.15) is 0 Å². The van der Waals surface area contributed by atoms with E-state index in [4.69, 9.17) is 4.74 Å². The summed E-state index contributed by atoms with van der Waals surface area (Å²) in [6, 6.07) is 4.68. The highest BCUT2D eigenvalue weighted by Gasteiger charge is 2.28. The maximum atomic E-state index is 6.25. The molecule has 0 saturated carbocycles. The van der Waals surface area contributed by atoms with E-state index < -0.39 is 0 Å². The lowest BCUT2D eigenvalue weighted by Crippen LogP contribution is -2.21. The van der Waals surface area contributed by atoms with Crippen LogP contribution in [0.5, 0.6) is 5.75 Å². The first-order valence-corrected chi connectivity index (χ1v) is 9.23. The molecule has 0 aliphatic carbocycles. The van der Waals surface area contributed by atoms with E-state index in [2.05, 4.69) is 79.4 Å². The third-order valence-corrected chi connectivity index (χ3v) is 4.15. The Morgan fingerprint density at radius 3 is 1.88 bits per heavy atom.